The van der Waals surface area contributed by atoms with E-state index in [1.165, 1.54) is 17.8 Å². The van der Waals surface area contributed by atoms with E-state index in [2.05, 4.69) is 20.5 Å². The highest BCUT2D eigenvalue weighted by atomic mass is 127. The molecule has 1 atom stereocenters. The van der Waals surface area contributed by atoms with E-state index in [0.29, 0.717) is 12.0 Å². The summed E-state index contributed by atoms with van der Waals surface area (Å²) in [6, 6.07) is 3.74. The van der Waals surface area contributed by atoms with Crippen molar-refractivity contribution in [3.63, 3.8) is 0 Å². The predicted octanol–water partition coefficient (Wildman–Crippen LogP) is 2.17. The van der Waals surface area contributed by atoms with Crippen molar-refractivity contribution >= 4 is 47.2 Å². The highest BCUT2D eigenvalue weighted by Gasteiger charge is 2.42. The number of thiophene rings is 1. The third kappa shape index (κ3) is 5.30. The van der Waals surface area contributed by atoms with Gasteiger partial charge in [0.2, 0.25) is 0 Å². The summed E-state index contributed by atoms with van der Waals surface area (Å²) in [7, 11) is 1.83. The molecular formula is C17H27IN4O2S. The molecule has 0 saturated carbocycles. The van der Waals surface area contributed by atoms with E-state index in [4.69, 9.17) is 4.74 Å². The van der Waals surface area contributed by atoms with Crippen molar-refractivity contribution < 1.29 is 9.53 Å². The largest absolute Gasteiger partial charge is 0.381 e. The molecule has 1 spiro atoms. The second kappa shape index (κ2) is 9.72. The third-order valence-corrected chi connectivity index (χ3v) is 5.67. The maximum absolute atomic E-state index is 11.8. The second-order valence-corrected chi connectivity index (χ2v) is 7.48. The number of likely N-dealkylation sites (tertiary alicyclic amines) is 1. The van der Waals surface area contributed by atoms with Gasteiger partial charge in [-0.2, -0.15) is 0 Å². The summed E-state index contributed by atoms with van der Waals surface area (Å²) in [6.45, 7) is 5.31. The molecule has 1 aromatic rings. The number of carbonyl (C=O) groups is 1. The summed E-state index contributed by atoms with van der Waals surface area (Å²) in [5, 5.41) is 8.28. The summed E-state index contributed by atoms with van der Waals surface area (Å²) in [6.07, 6.45) is 3.22. The van der Waals surface area contributed by atoms with E-state index >= 15 is 0 Å². The van der Waals surface area contributed by atoms with Crippen LogP contribution in [0.3, 0.4) is 0 Å². The van der Waals surface area contributed by atoms with Gasteiger partial charge in [0.1, 0.15) is 0 Å². The lowest BCUT2D eigenvalue weighted by Crippen LogP contribution is -2.42. The van der Waals surface area contributed by atoms with Gasteiger partial charge in [-0.05, 0) is 30.7 Å². The molecule has 25 heavy (non-hydrogen) atoms. The van der Waals surface area contributed by atoms with Crippen molar-refractivity contribution in [3.05, 3.63) is 22.4 Å². The number of ether oxygens (including phenoxy) is 1. The van der Waals surface area contributed by atoms with Crippen LogP contribution in [0.1, 0.15) is 28.9 Å². The van der Waals surface area contributed by atoms with Crippen LogP contribution in [0.2, 0.25) is 0 Å². The number of nitrogens with zero attached hydrogens (tertiary/aromatic N) is 2. The highest BCUT2D eigenvalue weighted by molar-refractivity contribution is 14.0. The van der Waals surface area contributed by atoms with E-state index in [0.717, 1.165) is 56.5 Å². The van der Waals surface area contributed by atoms with E-state index < -0.39 is 0 Å². The van der Waals surface area contributed by atoms with Gasteiger partial charge in [0.25, 0.3) is 5.91 Å². The van der Waals surface area contributed by atoms with E-state index in [1.807, 2.05) is 24.6 Å². The monoisotopic (exact) mass is 478 g/mol. The molecule has 0 bridgehead atoms. The fourth-order valence-electron chi connectivity index (χ4n) is 3.40. The zero-order valence-electron chi connectivity index (χ0n) is 14.6. The van der Waals surface area contributed by atoms with Crippen molar-refractivity contribution in [1.29, 1.82) is 0 Å². The van der Waals surface area contributed by atoms with E-state index in [9.17, 15) is 4.79 Å². The first-order valence-electron chi connectivity index (χ1n) is 8.57. The Morgan fingerprint density at radius 1 is 1.40 bits per heavy atom. The quantitative estimate of drug-likeness (QED) is 0.295. The van der Waals surface area contributed by atoms with Gasteiger partial charge in [-0.15, -0.1) is 35.3 Å². The lowest BCUT2D eigenvalue weighted by atomic mass is 9.87. The molecule has 2 aliphatic rings. The smallest absolute Gasteiger partial charge is 0.261 e. The molecule has 0 aromatic carbocycles. The number of aliphatic imine (C=N–C) groups is 1. The average molecular weight is 478 g/mol. The molecule has 1 unspecified atom stereocenters. The number of guanidine groups is 1. The summed E-state index contributed by atoms with van der Waals surface area (Å²) >= 11 is 1.47. The Labute approximate surface area is 170 Å². The first-order valence-corrected chi connectivity index (χ1v) is 9.45. The Hall–Kier alpha value is -0.870. The van der Waals surface area contributed by atoms with Gasteiger partial charge in [0, 0.05) is 45.2 Å². The highest BCUT2D eigenvalue weighted by Crippen LogP contribution is 2.38. The molecule has 2 aliphatic heterocycles. The van der Waals surface area contributed by atoms with E-state index in [1.54, 1.807) is 0 Å². The number of hydrogen-bond acceptors (Lipinski definition) is 4. The van der Waals surface area contributed by atoms with Gasteiger partial charge in [-0.3, -0.25) is 9.79 Å². The molecular weight excluding hydrogens is 451 g/mol. The van der Waals surface area contributed by atoms with Gasteiger partial charge in [0.15, 0.2) is 5.96 Å². The predicted molar refractivity (Wildman–Crippen MR) is 112 cm³/mol. The average Bonchev–Trinajstić information content (AvgIpc) is 3.34. The molecule has 140 valence electrons. The van der Waals surface area contributed by atoms with Crippen LogP contribution in [0.25, 0.3) is 0 Å². The van der Waals surface area contributed by atoms with E-state index in [-0.39, 0.29) is 29.9 Å². The standard InChI is InChI=1S/C17H26N4O2S.HI/c1-18-16(21-9-5-17(12-21)6-10-23-13-17)20-8-3-7-19-15(22)14-4-2-11-24-14;/h2,4,11H,3,5-10,12-13H2,1H3,(H,18,20)(H,19,22);1H. The number of rotatable bonds is 5. The van der Waals surface area contributed by atoms with Gasteiger partial charge < -0.3 is 20.3 Å². The maximum Gasteiger partial charge on any atom is 0.261 e. The Kier molecular flexibility index (Phi) is 7.95. The third-order valence-electron chi connectivity index (χ3n) is 4.80. The molecule has 3 heterocycles. The van der Waals surface area contributed by atoms with Gasteiger partial charge in [-0.25, -0.2) is 0 Å². The lowest BCUT2D eigenvalue weighted by molar-refractivity contribution is 0.0957. The summed E-state index contributed by atoms with van der Waals surface area (Å²) in [5.74, 6) is 0.973. The molecule has 1 aromatic heterocycles. The molecule has 0 aliphatic carbocycles. The van der Waals surface area contributed by atoms with Gasteiger partial charge in [-0.1, -0.05) is 6.07 Å². The second-order valence-electron chi connectivity index (χ2n) is 6.53. The minimum absolute atomic E-state index is 0. The summed E-state index contributed by atoms with van der Waals surface area (Å²) < 4.78 is 5.58. The number of nitrogens with one attached hydrogen (secondary N) is 2. The van der Waals surface area contributed by atoms with Crippen molar-refractivity contribution in [3.8, 4) is 0 Å². The van der Waals surface area contributed by atoms with Crippen molar-refractivity contribution in [2.75, 3.05) is 46.4 Å². The number of halogens is 1. The Morgan fingerprint density at radius 2 is 2.24 bits per heavy atom. The van der Waals surface area contributed by atoms with Gasteiger partial charge >= 0.3 is 0 Å². The molecule has 8 heteroatoms. The number of carbonyl (C=O) groups excluding carboxylic acids is 1. The zero-order chi connectivity index (χ0) is 16.8. The Morgan fingerprint density at radius 3 is 2.92 bits per heavy atom. The van der Waals surface area contributed by atoms with Crippen molar-refractivity contribution in [2.24, 2.45) is 10.4 Å². The summed E-state index contributed by atoms with van der Waals surface area (Å²) in [5.41, 5.74) is 0.340. The Bertz CT molecular complexity index is 573. The molecule has 2 fully saturated rings. The van der Waals surface area contributed by atoms with Crippen molar-refractivity contribution in [1.82, 2.24) is 15.5 Å². The molecule has 2 saturated heterocycles. The molecule has 1 amide bonds. The topological polar surface area (TPSA) is 66.0 Å². The lowest BCUT2D eigenvalue weighted by Gasteiger charge is -2.24. The number of amides is 1. The van der Waals surface area contributed by atoms with Crippen LogP contribution in [0.5, 0.6) is 0 Å². The maximum atomic E-state index is 11.8. The van der Waals surface area contributed by atoms with Crippen molar-refractivity contribution in [2.45, 2.75) is 19.3 Å². The minimum atomic E-state index is 0. The van der Waals surface area contributed by atoms with Crippen LogP contribution in [-0.4, -0.2) is 63.2 Å². The fourth-order valence-corrected chi connectivity index (χ4v) is 4.05. The SMILES string of the molecule is CN=C(NCCCNC(=O)c1cccs1)N1CCC2(CCOC2)C1.I. The van der Waals surface area contributed by atoms with Crippen LogP contribution >= 0.6 is 35.3 Å². The minimum Gasteiger partial charge on any atom is -0.381 e. The fraction of sp³-hybridized carbons (Fsp3) is 0.647. The van der Waals surface area contributed by atoms with Gasteiger partial charge in [0.05, 0.1) is 11.5 Å². The van der Waals surface area contributed by atoms with Crippen LogP contribution in [0.4, 0.5) is 0 Å². The first-order chi connectivity index (χ1) is 11.7. The first kappa shape index (κ1) is 20.4. The molecule has 0 radical (unpaired) electrons. The normalized spacial score (nSPS) is 22.9. The number of hydrogen-bond donors (Lipinski definition) is 2. The van der Waals surface area contributed by atoms with Crippen LogP contribution in [0.15, 0.2) is 22.5 Å². The molecule has 3 rings (SSSR count). The zero-order valence-corrected chi connectivity index (χ0v) is 17.8. The van der Waals surface area contributed by atoms with Crippen LogP contribution < -0.4 is 10.6 Å². The molecule has 2 N–H and O–H groups in total. The van der Waals surface area contributed by atoms with Crippen LogP contribution in [0, 0.1) is 5.41 Å². The summed E-state index contributed by atoms with van der Waals surface area (Å²) in [4.78, 5) is 19.3. The van der Waals surface area contributed by atoms with Crippen LogP contribution in [-0.2, 0) is 4.74 Å². The molecule has 6 nitrogen and oxygen atoms in total. The Balaban J connectivity index is 0.00000225.